The van der Waals surface area contributed by atoms with E-state index < -0.39 is 0 Å². The molecule has 1 heterocycles. The van der Waals surface area contributed by atoms with E-state index in [9.17, 15) is 4.79 Å². The normalized spacial score (nSPS) is 11.0. The van der Waals surface area contributed by atoms with Gasteiger partial charge in [0.25, 0.3) is 5.91 Å². The molecule has 3 aromatic carbocycles. The second-order valence-corrected chi connectivity index (χ2v) is 9.80. The molecule has 33 heavy (non-hydrogen) atoms. The van der Waals surface area contributed by atoms with Crippen LogP contribution in [-0.4, -0.2) is 16.7 Å². The molecule has 0 fully saturated rings. The van der Waals surface area contributed by atoms with Crippen LogP contribution >= 0.6 is 56.8 Å². The first-order valence-electron chi connectivity index (χ1n) is 9.93. The Labute approximate surface area is 224 Å². The van der Waals surface area contributed by atoms with Crippen LogP contribution in [0.5, 0.6) is 5.75 Å². The highest BCUT2D eigenvalue weighted by Crippen LogP contribution is 2.29. The SMILES string of the molecule is O=C(N/N=C\c1cc(I)c(OCc2ccc(Cl)cc2)c(I)c1)c1ccccc1-n1cccc1. The molecule has 0 saturated carbocycles. The van der Waals surface area contributed by atoms with E-state index in [2.05, 4.69) is 55.7 Å². The van der Waals surface area contributed by atoms with Gasteiger partial charge in [0.15, 0.2) is 0 Å². The summed E-state index contributed by atoms with van der Waals surface area (Å²) in [5.41, 5.74) is 5.86. The van der Waals surface area contributed by atoms with Gasteiger partial charge in [-0.15, -0.1) is 0 Å². The monoisotopic (exact) mass is 681 g/mol. The van der Waals surface area contributed by atoms with Crippen LogP contribution in [0, 0.1) is 7.14 Å². The number of hydrogen-bond donors (Lipinski definition) is 1. The first kappa shape index (κ1) is 23.8. The van der Waals surface area contributed by atoms with Crippen molar-refractivity contribution >= 4 is 68.9 Å². The molecular formula is C25H18ClI2N3O2. The second-order valence-electron chi connectivity index (χ2n) is 7.04. The maximum Gasteiger partial charge on any atom is 0.273 e. The summed E-state index contributed by atoms with van der Waals surface area (Å²) in [6.45, 7) is 0.452. The molecule has 0 unspecified atom stereocenters. The van der Waals surface area contributed by atoms with Crippen molar-refractivity contribution in [2.45, 2.75) is 6.61 Å². The molecule has 0 bridgehead atoms. The number of hydrogen-bond acceptors (Lipinski definition) is 3. The molecule has 4 aromatic rings. The lowest BCUT2D eigenvalue weighted by Crippen LogP contribution is -2.19. The third-order valence-electron chi connectivity index (χ3n) is 4.73. The molecule has 0 saturated heterocycles. The van der Waals surface area contributed by atoms with Gasteiger partial charge in [0.1, 0.15) is 12.4 Å². The molecule has 1 amide bonds. The summed E-state index contributed by atoms with van der Waals surface area (Å²) in [6, 6.07) is 22.7. The number of ether oxygens (including phenoxy) is 1. The Balaban J connectivity index is 1.43. The first-order chi connectivity index (χ1) is 16.0. The molecule has 166 valence electrons. The molecule has 4 rings (SSSR count). The lowest BCUT2D eigenvalue weighted by Gasteiger charge is -2.12. The topological polar surface area (TPSA) is 55.6 Å². The number of benzene rings is 3. The Hall–Kier alpha value is -2.37. The van der Waals surface area contributed by atoms with E-state index in [1.165, 1.54) is 0 Å². The van der Waals surface area contributed by atoms with Crippen LogP contribution in [0.15, 0.2) is 90.3 Å². The highest BCUT2D eigenvalue weighted by Gasteiger charge is 2.12. The number of halogens is 3. The average Bonchev–Trinajstić information content (AvgIpc) is 3.34. The Morgan fingerprint density at radius 1 is 1.00 bits per heavy atom. The van der Waals surface area contributed by atoms with Crippen molar-refractivity contribution in [3.8, 4) is 11.4 Å². The average molecular weight is 682 g/mol. The molecule has 8 heteroatoms. The fraction of sp³-hybridized carbons (Fsp3) is 0.0400. The van der Waals surface area contributed by atoms with E-state index >= 15 is 0 Å². The molecule has 0 aliphatic rings. The third kappa shape index (κ3) is 6.15. The summed E-state index contributed by atoms with van der Waals surface area (Å²) >= 11 is 10.4. The van der Waals surface area contributed by atoms with Gasteiger partial charge in [-0.1, -0.05) is 35.9 Å². The highest BCUT2D eigenvalue weighted by atomic mass is 127. The number of amides is 1. The Morgan fingerprint density at radius 3 is 2.36 bits per heavy atom. The van der Waals surface area contributed by atoms with E-state index in [-0.39, 0.29) is 5.91 Å². The molecule has 1 aromatic heterocycles. The summed E-state index contributed by atoms with van der Waals surface area (Å²) in [4.78, 5) is 12.7. The van der Waals surface area contributed by atoms with Crippen molar-refractivity contribution in [3.63, 3.8) is 0 Å². The summed E-state index contributed by atoms with van der Waals surface area (Å²) in [5, 5.41) is 4.86. The van der Waals surface area contributed by atoms with Crippen molar-refractivity contribution < 1.29 is 9.53 Å². The third-order valence-corrected chi connectivity index (χ3v) is 6.58. The van der Waals surface area contributed by atoms with Crippen LogP contribution in [0.2, 0.25) is 5.02 Å². The maximum absolute atomic E-state index is 12.7. The van der Waals surface area contributed by atoms with E-state index in [0.29, 0.717) is 17.2 Å². The van der Waals surface area contributed by atoms with Crippen molar-refractivity contribution in [3.05, 3.63) is 114 Å². The van der Waals surface area contributed by atoms with Crippen molar-refractivity contribution in [2.24, 2.45) is 5.10 Å². The quantitative estimate of drug-likeness (QED) is 0.135. The molecule has 0 atom stereocenters. The molecular weight excluding hydrogens is 664 g/mol. The van der Waals surface area contributed by atoms with Gasteiger partial charge in [-0.2, -0.15) is 5.10 Å². The zero-order chi connectivity index (χ0) is 23.2. The van der Waals surface area contributed by atoms with Gasteiger partial charge in [-0.25, -0.2) is 5.43 Å². The zero-order valence-corrected chi connectivity index (χ0v) is 22.3. The van der Waals surface area contributed by atoms with E-state index in [0.717, 1.165) is 29.7 Å². The number of para-hydroxylation sites is 1. The molecule has 0 radical (unpaired) electrons. The fourth-order valence-electron chi connectivity index (χ4n) is 3.14. The minimum Gasteiger partial charge on any atom is -0.487 e. The number of nitrogens with one attached hydrogen (secondary N) is 1. The zero-order valence-electron chi connectivity index (χ0n) is 17.2. The van der Waals surface area contributed by atoms with E-state index in [4.69, 9.17) is 16.3 Å². The summed E-state index contributed by atoms with van der Waals surface area (Å²) in [7, 11) is 0. The number of hydrazone groups is 1. The number of nitrogens with zero attached hydrogens (tertiary/aromatic N) is 2. The van der Waals surface area contributed by atoms with Crippen LogP contribution in [-0.2, 0) is 6.61 Å². The van der Waals surface area contributed by atoms with Gasteiger partial charge in [0, 0.05) is 17.4 Å². The summed E-state index contributed by atoms with van der Waals surface area (Å²) in [5.74, 6) is 0.538. The number of aromatic nitrogens is 1. The predicted octanol–water partition coefficient (Wildman–Crippen LogP) is 6.68. The van der Waals surface area contributed by atoms with Gasteiger partial charge >= 0.3 is 0 Å². The highest BCUT2D eigenvalue weighted by molar-refractivity contribution is 14.1. The lowest BCUT2D eigenvalue weighted by molar-refractivity contribution is 0.0955. The van der Waals surface area contributed by atoms with Gasteiger partial charge < -0.3 is 9.30 Å². The fourth-order valence-corrected chi connectivity index (χ4v) is 5.39. The van der Waals surface area contributed by atoms with Crippen molar-refractivity contribution in [1.82, 2.24) is 9.99 Å². The largest absolute Gasteiger partial charge is 0.487 e. The van der Waals surface area contributed by atoms with E-state index in [1.807, 2.05) is 83.7 Å². The minimum atomic E-state index is -0.275. The number of carbonyl (C=O) groups is 1. The molecule has 1 N–H and O–H groups in total. The summed E-state index contributed by atoms with van der Waals surface area (Å²) < 4.78 is 9.83. The van der Waals surface area contributed by atoms with Crippen LogP contribution in [0.3, 0.4) is 0 Å². The minimum absolute atomic E-state index is 0.275. The van der Waals surface area contributed by atoms with Gasteiger partial charge in [0.05, 0.1) is 24.6 Å². The second kappa shape index (κ2) is 11.2. The molecule has 0 spiro atoms. The smallest absolute Gasteiger partial charge is 0.273 e. The van der Waals surface area contributed by atoms with Gasteiger partial charge in [-0.05, 0) is 105 Å². The van der Waals surface area contributed by atoms with Gasteiger partial charge in [0.2, 0.25) is 0 Å². The molecule has 0 aliphatic carbocycles. The lowest BCUT2D eigenvalue weighted by atomic mass is 10.1. The number of rotatable bonds is 7. The van der Waals surface area contributed by atoms with Crippen LogP contribution in [0.25, 0.3) is 5.69 Å². The first-order valence-corrected chi connectivity index (χ1v) is 12.5. The Bertz CT molecular complexity index is 1270. The van der Waals surface area contributed by atoms with Crippen LogP contribution < -0.4 is 10.2 Å². The van der Waals surface area contributed by atoms with Crippen LogP contribution in [0.4, 0.5) is 0 Å². The van der Waals surface area contributed by atoms with Crippen molar-refractivity contribution in [2.75, 3.05) is 0 Å². The standard InChI is InChI=1S/C25H18ClI2N3O2/c26-19-9-7-17(8-10-19)16-33-24-21(27)13-18(14-22(24)28)15-29-30-25(32)20-5-1-2-6-23(20)31-11-3-4-12-31/h1-15H,16H2,(H,30,32)/b29-15-. The van der Waals surface area contributed by atoms with Crippen LogP contribution in [0.1, 0.15) is 21.5 Å². The Kier molecular flexibility index (Phi) is 8.05. The predicted molar refractivity (Wildman–Crippen MR) is 148 cm³/mol. The molecule has 0 aliphatic heterocycles. The summed E-state index contributed by atoms with van der Waals surface area (Å²) in [6.07, 6.45) is 5.43. The Morgan fingerprint density at radius 2 is 1.67 bits per heavy atom. The van der Waals surface area contributed by atoms with Crippen molar-refractivity contribution in [1.29, 1.82) is 0 Å². The maximum atomic E-state index is 12.7. The van der Waals surface area contributed by atoms with E-state index in [1.54, 1.807) is 12.3 Å². The molecule has 5 nitrogen and oxygen atoms in total. The number of carbonyl (C=O) groups excluding carboxylic acids is 1. The van der Waals surface area contributed by atoms with Gasteiger partial charge in [-0.3, -0.25) is 4.79 Å².